The van der Waals surface area contributed by atoms with Crippen LogP contribution in [0.1, 0.15) is 46.0 Å². The maximum absolute atomic E-state index is 11.5. The van der Waals surface area contributed by atoms with E-state index in [9.17, 15) is 4.79 Å². The predicted octanol–water partition coefficient (Wildman–Crippen LogP) is 1.35. The second kappa shape index (κ2) is 11.9. The fourth-order valence-corrected chi connectivity index (χ4v) is 1.77. The Hall–Kier alpha value is -0.610. The summed E-state index contributed by atoms with van der Waals surface area (Å²) in [7, 11) is 0. The first kappa shape index (κ1) is 16.4. The molecule has 0 saturated heterocycles. The fraction of sp³-hybridized carbons (Fsp3) is 0.923. The summed E-state index contributed by atoms with van der Waals surface area (Å²) in [5.41, 5.74) is 5.41. The van der Waals surface area contributed by atoms with Gasteiger partial charge in [0, 0.05) is 19.5 Å². The Kier molecular flexibility index (Phi) is 11.4. The number of unbranched alkanes of at least 4 members (excludes halogenated alkanes) is 3. The van der Waals surface area contributed by atoms with Crippen LogP contribution in [-0.2, 0) is 4.79 Å². The van der Waals surface area contributed by atoms with Crippen molar-refractivity contribution in [2.75, 3.05) is 32.7 Å². The molecule has 102 valence electrons. The van der Waals surface area contributed by atoms with Crippen molar-refractivity contribution in [3.05, 3.63) is 0 Å². The van der Waals surface area contributed by atoms with E-state index in [1.807, 2.05) is 0 Å². The highest BCUT2D eigenvalue weighted by atomic mass is 16.1. The van der Waals surface area contributed by atoms with Crippen LogP contribution in [0.4, 0.5) is 0 Å². The first-order chi connectivity index (χ1) is 8.24. The normalized spacial score (nSPS) is 10.8. The molecule has 0 rings (SSSR count). The van der Waals surface area contributed by atoms with Gasteiger partial charge in [-0.1, -0.05) is 26.7 Å². The van der Waals surface area contributed by atoms with Crippen molar-refractivity contribution < 1.29 is 4.79 Å². The zero-order chi connectivity index (χ0) is 12.9. The molecule has 0 spiro atoms. The summed E-state index contributed by atoms with van der Waals surface area (Å²) < 4.78 is 0. The summed E-state index contributed by atoms with van der Waals surface area (Å²) in [4.78, 5) is 13.8. The van der Waals surface area contributed by atoms with Crippen LogP contribution in [0.5, 0.6) is 0 Å². The topological polar surface area (TPSA) is 58.4 Å². The molecule has 17 heavy (non-hydrogen) atoms. The van der Waals surface area contributed by atoms with E-state index in [-0.39, 0.29) is 5.91 Å². The van der Waals surface area contributed by atoms with E-state index in [0.717, 1.165) is 58.4 Å². The highest BCUT2D eigenvalue weighted by Gasteiger charge is 2.02. The molecule has 0 saturated carbocycles. The van der Waals surface area contributed by atoms with Crippen molar-refractivity contribution in [3.63, 3.8) is 0 Å². The van der Waals surface area contributed by atoms with E-state index in [4.69, 9.17) is 5.73 Å². The van der Waals surface area contributed by atoms with E-state index in [2.05, 4.69) is 24.1 Å². The standard InChI is InChI=1S/C13H29N3O/c1-3-16(4-2)12-11-15-13(17)9-7-5-6-8-10-14/h3-12,14H2,1-2H3,(H,15,17). The molecule has 0 aliphatic heterocycles. The fourth-order valence-electron chi connectivity index (χ4n) is 1.77. The van der Waals surface area contributed by atoms with Gasteiger partial charge in [-0.25, -0.2) is 0 Å². The minimum Gasteiger partial charge on any atom is -0.355 e. The average molecular weight is 243 g/mol. The summed E-state index contributed by atoms with van der Waals surface area (Å²) in [6, 6.07) is 0. The maximum Gasteiger partial charge on any atom is 0.220 e. The molecule has 3 N–H and O–H groups in total. The molecule has 0 atom stereocenters. The van der Waals surface area contributed by atoms with Crippen LogP contribution in [0.2, 0.25) is 0 Å². The summed E-state index contributed by atoms with van der Waals surface area (Å²) >= 11 is 0. The second-order valence-corrected chi connectivity index (χ2v) is 4.33. The number of rotatable bonds is 11. The number of carbonyl (C=O) groups is 1. The molecule has 0 radical (unpaired) electrons. The van der Waals surface area contributed by atoms with E-state index in [1.165, 1.54) is 0 Å². The van der Waals surface area contributed by atoms with Gasteiger partial charge < -0.3 is 16.0 Å². The molecule has 0 aliphatic rings. The summed E-state index contributed by atoms with van der Waals surface area (Å²) in [5, 5.41) is 2.97. The molecule has 4 nitrogen and oxygen atoms in total. The van der Waals surface area contributed by atoms with E-state index in [0.29, 0.717) is 6.42 Å². The Labute approximate surface area is 106 Å². The molecular weight excluding hydrogens is 214 g/mol. The van der Waals surface area contributed by atoms with Gasteiger partial charge in [0.1, 0.15) is 0 Å². The summed E-state index contributed by atoms with van der Waals surface area (Å²) in [6.45, 7) is 8.85. The van der Waals surface area contributed by atoms with Crippen molar-refractivity contribution in [1.82, 2.24) is 10.2 Å². The Balaban J connectivity index is 3.34. The van der Waals surface area contributed by atoms with Gasteiger partial charge in [0.2, 0.25) is 5.91 Å². The van der Waals surface area contributed by atoms with Crippen molar-refractivity contribution in [1.29, 1.82) is 0 Å². The molecule has 0 heterocycles. The third kappa shape index (κ3) is 10.3. The van der Waals surface area contributed by atoms with Crippen LogP contribution in [0.3, 0.4) is 0 Å². The molecule has 0 unspecified atom stereocenters. The maximum atomic E-state index is 11.5. The number of nitrogens with zero attached hydrogens (tertiary/aromatic N) is 1. The van der Waals surface area contributed by atoms with Crippen molar-refractivity contribution >= 4 is 5.91 Å². The predicted molar refractivity (Wildman–Crippen MR) is 72.9 cm³/mol. The lowest BCUT2D eigenvalue weighted by atomic mass is 10.1. The first-order valence-electron chi connectivity index (χ1n) is 6.93. The minimum absolute atomic E-state index is 0.185. The second-order valence-electron chi connectivity index (χ2n) is 4.33. The number of nitrogens with two attached hydrogens (primary N) is 1. The van der Waals surface area contributed by atoms with Crippen LogP contribution in [0, 0.1) is 0 Å². The molecule has 0 aromatic rings. The lowest BCUT2D eigenvalue weighted by Gasteiger charge is -2.17. The highest BCUT2D eigenvalue weighted by Crippen LogP contribution is 2.01. The average Bonchev–Trinajstić information content (AvgIpc) is 2.34. The van der Waals surface area contributed by atoms with Crippen molar-refractivity contribution in [2.45, 2.75) is 46.0 Å². The van der Waals surface area contributed by atoms with Gasteiger partial charge in [-0.05, 0) is 32.5 Å². The number of hydrogen-bond donors (Lipinski definition) is 2. The third-order valence-electron chi connectivity index (χ3n) is 3.00. The van der Waals surface area contributed by atoms with Gasteiger partial charge in [-0.2, -0.15) is 0 Å². The molecule has 1 amide bonds. The lowest BCUT2D eigenvalue weighted by Crippen LogP contribution is -2.34. The number of hydrogen-bond acceptors (Lipinski definition) is 3. The Morgan fingerprint density at radius 3 is 2.35 bits per heavy atom. The van der Waals surface area contributed by atoms with Gasteiger partial charge >= 0.3 is 0 Å². The largest absolute Gasteiger partial charge is 0.355 e. The zero-order valence-electron chi connectivity index (χ0n) is 11.5. The van der Waals surface area contributed by atoms with Gasteiger partial charge in [0.15, 0.2) is 0 Å². The van der Waals surface area contributed by atoms with Crippen LogP contribution < -0.4 is 11.1 Å². The monoisotopic (exact) mass is 243 g/mol. The van der Waals surface area contributed by atoms with Crippen molar-refractivity contribution in [2.24, 2.45) is 5.73 Å². The summed E-state index contributed by atoms with van der Waals surface area (Å²) in [6.07, 6.45) is 4.97. The Morgan fingerprint density at radius 2 is 1.76 bits per heavy atom. The molecule has 0 bridgehead atoms. The minimum atomic E-state index is 0.185. The number of carbonyl (C=O) groups excluding carboxylic acids is 1. The zero-order valence-corrected chi connectivity index (χ0v) is 11.5. The van der Waals surface area contributed by atoms with Gasteiger partial charge in [-0.15, -0.1) is 0 Å². The SMILES string of the molecule is CCN(CC)CCNC(=O)CCCCCCN. The lowest BCUT2D eigenvalue weighted by molar-refractivity contribution is -0.121. The van der Waals surface area contributed by atoms with Gasteiger partial charge in [0.25, 0.3) is 0 Å². The quantitative estimate of drug-likeness (QED) is 0.539. The molecule has 0 aromatic heterocycles. The number of amides is 1. The Bertz CT molecular complexity index is 182. The summed E-state index contributed by atoms with van der Waals surface area (Å²) in [5.74, 6) is 0.185. The Morgan fingerprint density at radius 1 is 1.12 bits per heavy atom. The van der Waals surface area contributed by atoms with Gasteiger partial charge in [0.05, 0.1) is 0 Å². The van der Waals surface area contributed by atoms with E-state index in [1.54, 1.807) is 0 Å². The van der Waals surface area contributed by atoms with Crippen LogP contribution >= 0.6 is 0 Å². The molecular formula is C13H29N3O. The highest BCUT2D eigenvalue weighted by molar-refractivity contribution is 5.75. The first-order valence-corrected chi connectivity index (χ1v) is 6.93. The van der Waals surface area contributed by atoms with Gasteiger partial charge in [-0.3, -0.25) is 4.79 Å². The molecule has 0 aromatic carbocycles. The molecule has 4 heteroatoms. The smallest absolute Gasteiger partial charge is 0.220 e. The van der Waals surface area contributed by atoms with Crippen LogP contribution in [0.25, 0.3) is 0 Å². The van der Waals surface area contributed by atoms with Crippen LogP contribution in [-0.4, -0.2) is 43.5 Å². The van der Waals surface area contributed by atoms with E-state index < -0.39 is 0 Å². The third-order valence-corrected chi connectivity index (χ3v) is 3.00. The van der Waals surface area contributed by atoms with Crippen LogP contribution in [0.15, 0.2) is 0 Å². The number of nitrogens with one attached hydrogen (secondary N) is 1. The number of likely N-dealkylation sites (N-methyl/N-ethyl adjacent to an activating group) is 1. The molecule has 0 aliphatic carbocycles. The van der Waals surface area contributed by atoms with Crippen molar-refractivity contribution in [3.8, 4) is 0 Å². The molecule has 0 fully saturated rings. The van der Waals surface area contributed by atoms with E-state index >= 15 is 0 Å².